The van der Waals surface area contributed by atoms with E-state index in [0.717, 1.165) is 25.9 Å². The van der Waals surface area contributed by atoms with E-state index < -0.39 is 15.6 Å². The van der Waals surface area contributed by atoms with Crippen molar-refractivity contribution in [2.24, 2.45) is 0 Å². The first-order valence-corrected chi connectivity index (χ1v) is 8.26. The van der Waals surface area contributed by atoms with E-state index in [2.05, 4.69) is 10.0 Å². The number of hydrogen-bond acceptors (Lipinski definition) is 3. The van der Waals surface area contributed by atoms with Crippen LogP contribution < -0.4 is 10.0 Å². The van der Waals surface area contributed by atoms with Gasteiger partial charge in [-0.15, -0.1) is 0 Å². The summed E-state index contributed by atoms with van der Waals surface area (Å²) in [5, 5.41) is 3.79. The summed E-state index contributed by atoms with van der Waals surface area (Å²) < 4.78 is 27.4. The fourth-order valence-corrected chi connectivity index (χ4v) is 3.96. The summed E-state index contributed by atoms with van der Waals surface area (Å²) in [5.41, 5.74) is -0.420. The van der Waals surface area contributed by atoms with Crippen molar-refractivity contribution in [2.45, 2.75) is 30.2 Å². The molecular formula is C12H16Cl2N2O2S. The highest BCUT2D eigenvalue weighted by molar-refractivity contribution is 7.89. The van der Waals surface area contributed by atoms with Crippen LogP contribution in [0.2, 0.25) is 10.0 Å². The molecule has 0 amide bonds. The van der Waals surface area contributed by atoms with Crippen LogP contribution in [0.4, 0.5) is 0 Å². The molecule has 0 aromatic heterocycles. The van der Waals surface area contributed by atoms with Crippen LogP contribution in [0.3, 0.4) is 0 Å². The van der Waals surface area contributed by atoms with Crippen LogP contribution in [-0.4, -0.2) is 27.0 Å². The lowest BCUT2D eigenvalue weighted by atomic mass is 9.92. The van der Waals surface area contributed by atoms with Gasteiger partial charge in [0.2, 0.25) is 10.0 Å². The quantitative estimate of drug-likeness (QED) is 0.898. The third kappa shape index (κ3) is 3.61. The zero-order chi connectivity index (χ0) is 14.1. The molecule has 0 aliphatic carbocycles. The lowest BCUT2D eigenvalue weighted by molar-refractivity contribution is 0.308. The number of halogens is 2. The maximum atomic E-state index is 12.3. The van der Waals surface area contributed by atoms with Crippen molar-refractivity contribution >= 4 is 33.2 Å². The van der Waals surface area contributed by atoms with Crippen LogP contribution in [0.1, 0.15) is 19.8 Å². The van der Waals surface area contributed by atoms with E-state index >= 15 is 0 Å². The van der Waals surface area contributed by atoms with Crippen molar-refractivity contribution in [1.82, 2.24) is 10.0 Å². The van der Waals surface area contributed by atoms with Crippen LogP contribution in [-0.2, 0) is 10.0 Å². The molecule has 0 unspecified atom stereocenters. The minimum atomic E-state index is -3.58. The first kappa shape index (κ1) is 15.1. The fourth-order valence-electron chi connectivity index (χ4n) is 2.11. The summed E-state index contributed by atoms with van der Waals surface area (Å²) >= 11 is 11.7. The first-order chi connectivity index (χ1) is 8.82. The molecule has 1 saturated heterocycles. The zero-order valence-electron chi connectivity index (χ0n) is 10.5. The van der Waals surface area contributed by atoms with E-state index in [1.165, 1.54) is 18.2 Å². The maximum absolute atomic E-state index is 12.3. The van der Waals surface area contributed by atoms with E-state index in [9.17, 15) is 8.42 Å². The van der Waals surface area contributed by atoms with E-state index in [1.807, 2.05) is 6.92 Å². The molecule has 1 aromatic carbocycles. The molecule has 1 aliphatic heterocycles. The Morgan fingerprint density at radius 1 is 1.21 bits per heavy atom. The van der Waals surface area contributed by atoms with E-state index in [0.29, 0.717) is 5.02 Å². The van der Waals surface area contributed by atoms with Gasteiger partial charge in [0.05, 0.1) is 14.9 Å². The molecule has 106 valence electrons. The maximum Gasteiger partial charge on any atom is 0.241 e. The highest BCUT2D eigenvalue weighted by Gasteiger charge is 2.32. The smallest absolute Gasteiger partial charge is 0.241 e. The van der Waals surface area contributed by atoms with Gasteiger partial charge < -0.3 is 5.32 Å². The third-order valence-electron chi connectivity index (χ3n) is 3.29. The summed E-state index contributed by atoms with van der Waals surface area (Å²) in [6, 6.07) is 4.32. The van der Waals surface area contributed by atoms with Gasteiger partial charge in [-0.05, 0) is 51.1 Å². The molecule has 1 fully saturated rings. The molecule has 19 heavy (non-hydrogen) atoms. The predicted molar refractivity (Wildman–Crippen MR) is 77.3 cm³/mol. The van der Waals surface area contributed by atoms with Gasteiger partial charge in [-0.1, -0.05) is 23.2 Å². The van der Waals surface area contributed by atoms with Gasteiger partial charge in [-0.25, -0.2) is 13.1 Å². The normalized spacial score (nSPS) is 19.3. The zero-order valence-corrected chi connectivity index (χ0v) is 12.9. The average molecular weight is 323 g/mol. The molecule has 0 bridgehead atoms. The van der Waals surface area contributed by atoms with Crippen molar-refractivity contribution < 1.29 is 8.42 Å². The topological polar surface area (TPSA) is 58.2 Å². The van der Waals surface area contributed by atoms with E-state index in [1.54, 1.807) is 0 Å². The molecule has 4 nitrogen and oxygen atoms in total. The van der Waals surface area contributed by atoms with Gasteiger partial charge in [-0.3, -0.25) is 0 Å². The summed E-state index contributed by atoms with van der Waals surface area (Å²) in [7, 11) is -3.58. The molecule has 0 atom stereocenters. The number of piperidine rings is 1. The lowest BCUT2D eigenvalue weighted by Gasteiger charge is -2.34. The Hall–Kier alpha value is -0.330. The number of hydrogen-bond donors (Lipinski definition) is 2. The minimum Gasteiger partial charge on any atom is -0.317 e. The molecule has 0 spiro atoms. The molecule has 1 heterocycles. The summed E-state index contributed by atoms with van der Waals surface area (Å²) in [6.07, 6.45) is 1.51. The second kappa shape index (κ2) is 5.58. The van der Waals surface area contributed by atoms with Gasteiger partial charge in [-0.2, -0.15) is 0 Å². The largest absolute Gasteiger partial charge is 0.317 e. The van der Waals surface area contributed by atoms with Crippen LogP contribution in [0.5, 0.6) is 0 Å². The van der Waals surface area contributed by atoms with Crippen molar-refractivity contribution in [1.29, 1.82) is 0 Å². The summed E-state index contributed by atoms with van der Waals surface area (Å²) in [6.45, 7) is 3.53. The van der Waals surface area contributed by atoms with Crippen LogP contribution in [0, 0.1) is 0 Å². The van der Waals surface area contributed by atoms with Crippen molar-refractivity contribution in [2.75, 3.05) is 13.1 Å². The Kier molecular flexibility index (Phi) is 4.42. The molecule has 2 rings (SSSR count). The van der Waals surface area contributed by atoms with Crippen LogP contribution in [0.15, 0.2) is 23.1 Å². The number of benzene rings is 1. The molecule has 0 radical (unpaired) electrons. The number of nitrogens with one attached hydrogen (secondary N) is 2. The monoisotopic (exact) mass is 322 g/mol. The Morgan fingerprint density at radius 3 is 2.42 bits per heavy atom. The first-order valence-electron chi connectivity index (χ1n) is 6.02. The molecule has 0 saturated carbocycles. The average Bonchev–Trinajstić information content (AvgIpc) is 2.32. The number of sulfonamides is 1. The van der Waals surface area contributed by atoms with Crippen LogP contribution in [0.25, 0.3) is 0 Å². The minimum absolute atomic E-state index is 0.140. The van der Waals surface area contributed by atoms with Gasteiger partial charge >= 0.3 is 0 Å². The Balaban J connectivity index is 2.24. The standard InChI is InChI=1S/C12H16Cl2N2O2S/c1-12(4-6-15-7-5-12)16-19(17,18)9-2-3-10(13)11(14)8-9/h2-3,8,15-16H,4-7H2,1H3. The molecule has 7 heteroatoms. The SMILES string of the molecule is CC1(NS(=O)(=O)c2ccc(Cl)c(Cl)c2)CCNCC1. The van der Waals surface area contributed by atoms with Gasteiger partial charge in [0, 0.05) is 5.54 Å². The van der Waals surface area contributed by atoms with Crippen LogP contribution >= 0.6 is 23.2 Å². The van der Waals surface area contributed by atoms with E-state index in [-0.39, 0.29) is 9.92 Å². The third-order valence-corrected chi connectivity index (χ3v) is 5.66. The molecule has 1 aliphatic rings. The Labute approximate surface area is 123 Å². The molecule has 1 aromatic rings. The van der Waals surface area contributed by atoms with Gasteiger partial charge in [0.25, 0.3) is 0 Å². The van der Waals surface area contributed by atoms with Crippen molar-refractivity contribution in [3.8, 4) is 0 Å². The second-order valence-electron chi connectivity index (χ2n) is 4.99. The molecule has 2 N–H and O–H groups in total. The highest BCUT2D eigenvalue weighted by Crippen LogP contribution is 2.26. The van der Waals surface area contributed by atoms with Gasteiger partial charge in [0.1, 0.15) is 0 Å². The van der Waals surface area contributed by atoms with E-state index in [4.69, 9.17) is 23.2 Å². The predicted octanol–water partition coefficient (Wildman–Crippen LogP) is 2.41. The summed E-state index contributed by atoms with van der Waals surface area (Å²) in [4.78, 5) is 0.140. The van der Waals surface area contributed by atoms with Crippen molar-refractivity contribution in [3.63, 3.8) is 0 Å². The number of rotatable bonds is 3. The Bertz CT molecular complexity index is 569. The fraction of sp³-hybridized carbons (Fsp3) is 0.500. The summed E-state index contributed by atoms with van der Waals surface area (Å²) in [5.74, 6) is 0. The molecular weight excluding hydrogens is 307 g/mol. The Morgan fingerprint density at radius 2 is 1.84 bits per heavy atom. The van der Waals surface area contributed by atoms with Crippen molar-refractivity contribution in [3.05, 3.63) is 28.2 Å². The van der Waals surface area contributed by atoms with Gasteiger partial charge in [0.15, 0.2) is 0 Å². The highest BCUT2D eigenvalue weighted by atomic mass is 35.5. The lowest BCUT2D eigenvalue weighted by Crippen LogP contribution is -2.52. The second-order valence-corrected chi connectivity index (χ2v) is 7.49.